The average Bonchev–Trinajstić information content (AvgIpc) is 2.28. The van der Waals surface area contributed by atoms with Crippen molar-refractivity contribution in [2.24, 2.45) is 0 Å². The molecule has 0 bridgehead atoms. The second-order valence-corrected chi connectivity index (χ2v) is 5.34. The van der Waals surface area contributed by atoms with Gasteiger partial charge in [-0.05, 0) is 36.8 Å². The fourth-order valence-electron chi connectivity index (χ4n) is 1.39. The van der Waals surface area contributed by atoms with Crippen LogP contribution in [0.5, 0.6) is 0 Å². The van der Waals surface area contributed by atoms with Crippen LogP contribution in [0.4, 0.5) is 4.39 Å². The van der Waals surface area contributed by atoms with E-state index >= 15 is 0 Å². The molecule has 0 aliphatic heterocycles. The highest BCUT2D eigenvalue weighted by atomic mass is 32.2. The molecule has 0 spiro atoms. The van der Waals surface area contributed by atoms with Crippen LogP contribution >= 0.6 is 11.8 Å². The van der Waals surface area contributed by atoms with E-state index in [1.54, 1.807) is 13.0 Å². The molecule has 16 heavy (non-hydrogen) atoms. The van der Waals surface area contributed by atoms with Gasteiger partial charge in [-0.15, -0.1) is 0 Å². The van der Waals surface area contributed by atoms with Gasteiger partial charge in [-0.1, -0.05) is 19.1 Å². The summed E-state index contributed by atoms with van der Waals surface area (Å²) in [5.41, 5.74) is 1.72. The monoisotopic (exact) mass is 241 g/mol. The minimum Gasteiger partial charge on any atom is -0.309 e. The van der Waals surface area contributed by atoms with Gasteiger partial charge in [0.15, 0.2) is 0 Å². The zero-order valence-corrected chi connectivity index (χ0v) is 11.0. The Balaban J connectivity index is 2.39. The van der Waals surface area contributed by atoms with Gasteiger partial charge in [0.25, 0.3) is 0 Å². The summed E-state index contributed by atoms with van der Waals surface area (Å²) >= 11 is 1.92. The van der Waals surface area contributed by atoms with Crippen molar-refractivity contribution in [2.45, 2.75) is 33.4 Å². The van der Waals surface area contributed by atoms with Crippen molar-refractivity contribution >= 4 is 11.8 Å². The Labute approximate surface area is 102 Å². The van der Waals surface area contributed by atoms with Crippen LogP contribution < -0.4 is 5.32 Å². The number of halogens is 1. The van der Waals surface area contributed by atoms with Crippen LogP contribution in [0.25, 0.3) is 0 Å². The Hall–Kier alpha value is -0.540. The van der Waals surface area contributed by atoms with Crippen molar-refractivity contribution in [1.29, 1.82) is 0 Å². The third kappa shape index (κ3) is 4.54. The van der Waals surface area contributed by atoms with Gasteiger partial charge in [-0.2, -0.15) is 11.8 Å². The van der Waals surface area contributed by atoms with Crippen LogP contribution in [0, 0.1) is 12.7 Å². The van der Waals surface area contributed by atoms with Gasteiger partial charge in [-0.3, -0.25) is 0 Å². The minimum absolute atomic E-state index is 0.116. The van der Waals surface area contributed by atoms with E-state index in [0.29, 0.717) is 11.6 Å². The number of benzene rings is 1. The SMILES string of the molecule is CCSCC(C)NCc1ccc(C)c(F)c1. The van der Waals surface area contributed by atoms with Gasteiger partial charge in [-0.25, -0.2) is 4.39 Å². The summed E-state index contributed by atoms with van der Waals surface area (Å²) in [5, 5.41) is 3.39. The second kappa shape index (κ2) is 6.92. The van der Waals surface area contributed by atoms with Crippen molar-refractivity contribution in [2.75, 3.05) is 11.5 Å². The highest BCUT2D eigenvalue weighted by Crippen LogP contribution is 2.09. The quantitative estimate of drug-likeness (QED) is 0.819. The smallest absolute Gasteiger partial charge is 0.126 e. The van der Waals surface area contributed by atoms with Crippen LogP contribution in [0.3, 0.4) is 0 Å². The maximum atomic E-state index is 13.3. The van der Waals surface area contributed by atoms with E-state index in [9.17, 15) is 4.39 Å². The summed E-state index contributed by atoms with van der Waals surface area (Å²) in [7, 11) is 0. The lowest BCUT2D eigenvalue weighted by Gasteiger charge is -2.13. The number of thioether (sulfide) groups is 1. The lowest BCUT2D eigenvalue weighted by Crippen LogP contribution is -2.27. The number of aryl methyl sites for hydroxylation is 1. The fourth-order valence-corrected chi connectivity index (χ4v) is 2.10. The zero-order chi connectivity index (χ0) is 12.0. The molecule has 1 N–H and O–H groups in total. The molecule has 0 radical (unpaired) electrons. The molecular weight excluding hydrogens is 221 g/mol. The normalized spacial score (nSPS) is 12.8. The van der Waals surface area contributed by atoms with Gasteiger partial charge in [0.2, 0.25) is 0 Å². The van der Waals surface area contributed by atoms with Gasteiger partial charge < -0.3 is 5.32 Å². The molecule has 3 heteroatoms. The minimum atomic E-state index is -0.116. The summed E-state index contributed by atoms with van der Waals surface area (Å²) in [4.78, 5) is 0. The highest BCUT2D eigenvalue weighted by Gasteiger charge is 2.03. The van der Waals surface area contributed by atoms with Crippen LogP contribution in [0.2, 0.25) is 0 Å². The van der Waals surface area contributed by atoms with E-state index in [0.717, 1.165) is 23.6 Å². The molecule has 90 valence electrons. The molecule has 0 amide bonds. The van der Waals surface area contributed by atoms with Gasteiger partial charge >= 0.3 is 0 Å². The molecule has 1 unspecified atom stereocenters. The molecule has 0 aliphatic carbocycles. The molecule has 1 rings (SSSR count). The Bertz CT molecular complexity index is 328. The summed E-state index contributed by atoms with van der Waals surface area (Å²) in [5.74, 6) is 2.13. The van der Waals surface area contributed by atoms with Crippen molar-refractivity contribution in [1.82, 2.24) is 5.32 Å². The summed E-state index contributed by atoms with van der Waals surface area (Å²) in [6, 6.07) is 5.89. The predicted octanol–water partition coefficient (Wildman–Crippen LogP) is 3.37. The molecule has 0 fully saturated rings. The summed E-state index contributed by atoms with van der Waals surface area (Å²) in [6.07, 6.45) is 0. The Morgan fingerprint density at radius 3 is 2.81 bits per heavy atom. The van der Waals surface area contributed by atoms with Gasteiger partial charge in [0.05, 0.1) is 0 Å². The molecule has 1 nitrogen and oxygen atoms in total. The first-order valence-electron chi connectivity index (χ1n) is 5.69. The molecule has 1 atom stereocenters. The first-order valence-corrected chi connectivity index (χ1v) is 6.85. The maximum absolute atomic E-state index is 13.3. The fraction of sp³-hybridized carbons (Fsp3) is 0.538. The molecule has 0 saturated carbocycles. The number of hydrogen-bond acceptors (Lipinski definition) is 2. The van der Waals surface area contributed by atoms with E-state index in [2.05, 4.69) is 19.2 Å². The maximum Gasteiger partial charge on any atom is 0.126 e. The van der Waals surface area contributed by atoms with Crippen LogP contribution in [0.1, 0.15) is 25.0 Å². The van der Waals surface area contributed by atoms with E-state index in [-0.39, 0.29) is 5.82 Å². The summed E-state index contributed by atoms with van der Waals surface area (Å²) < 4.78 is 13.3. The molecule has 0 heterocycles. The first-order chi connectivity index (χ1) is 7.63. The Morgan fingerprint density at radius 2 is 2.19 bits per heavy atom. The molecule has 1 aromatic rings. The van der Waals surface area contributed by atoms with Crippen molar-refractivity contribution in [3.8, 4) is 0 Å². The van der Waals surface area contributed by atoms with Crippen molar-refractivity contribution < 1.29 is 4.39 Å². The highest BCUT2D eigenvalue weighted by molar-refractivity contribution is 7.99. The summed E-state index contributed by atoms with van der Waals surface area (Å²) in [6.45, 7) is 6.84. The number of rotatable bonds is 6. The van der Waals surface area contributed by atoms with E-state index in [4.69, 9.17) is 0 Å². The predicted molar refractivity (Wildman–Crippen MR) is 70.4 cm³/mol. The van der Waals surface area contributed by atoms with Crippen LogP contribution in [-0.2, 0) is 6.54 Å². The molecule has 0 aliphatic rings. The van der Waals surface area contributed by atoms with Gasteiger partial charge in [0.1, 0.15) is 5.82 Å². The molecular formula is C13H20FNS. The van der Waals surface area contributed by atoms with Crippen LogP contribution in [0.15, 0.2) is 18.2 Å². The Morgan fingerprint density at radius 1 is 1.44 bits per heavy atom. The number of hydrogen-bond donors (Lipinski definition) is 1. The zero-order valence-electron chi connectivity index (χ0n) is 10.2. The van der Waals surface area contributed by atoms with E-state index in [1.807, 2.05) is 23.9 Å². The Kier molecular flexibility index (Phi) is 5.85. The second-order valence-electron chi connectivity index (χ2n) is 4.02. The van der Waals surface area contributed by atoms with E-state index < -0.39 is 0 Å². The third-order valence-corrected chi connectivity index (χ3v) is 3.61. The standard InChI is InChI=1S/C13H20FNS/c1-4-16-9-11(3)15-8-12-6-5-10(2)13(14)7-12/h5-7,11,15H,4,8-9H2,1-3H3. The average molecular weight is 241 g/mol. The third-order valence-electron chi connectivity index (χ3n) is 2.46. The number of nitrogens with one attached hydrogen (secondary N) is 1. The largest absolute Gasteiger partial charge is 0.309 e. The van der Waals surface area contributed by atoms with E-state index in [1.165, 1.54) is 0 Å². The topological polar surface area (TPSA) is 12.0 Å². The lowest BCUT2D eigenvalue weighted by molar-refractivity contribution is 0.585. The van der Waals surface area contributed by atoms with Crippen molar-refractivity contribution in [3.05, 3.63) is 35.1 Å². The molecule has 0 saturated heterocycles. The van der Waals surface area contributed by atoms with Crippen molar-refractivity contribution in [3.63, 3.8) is 0 Å². The lowest BCUT2D eigenvalue weighted by atomic mass is 10.1. The molecule has 1 aromatic carbocycles. The molecule has 0 aromatic heterocycles. The first kappa shape index (κ1) is 13.5. The van der Waals surface area contributed by atoms with Gasteiger partial charge in [0, 0.05) is 18.3 Å². The van der Waals surface area contributed by atoms with Crippen LogP contribution in [-0.4, -0.2) is 17.5 Å².